The Morgan fingerprint density at radius 1 is 1.14 bits per heavy atom. The van der Waals surface area contributed by atoms with Crippen molar-refractivity contribution in [3.05, 3.63) is 28.2 Å². The molecule has 0 atom stereocenters. The average molecular weight is 379 g/mol. The van der Waals surface area contributed by atoms with Gasteiger partial charge in [0.05, 0.1) is 11.1 Å². The summed E-state index contributed by atoms with van der Waals surface area (Å²) < 4.78 is 6.56. The number of nitrogens with one attached hydrogen (secondary N) is 1. The fourth-order valence-corrected chi connectivity index (χ4v) is 3.20. The molecule has 0 heterocycles. The molecule has 1 aromatic rings. The molecule has 0 amide bonds. The number of benzene rings is 1. The number of hydrogen-bond acceptors (Lipinski definition) is 2. The van der Waals surface area contributed by atoms with Crippen molar-refractivity contribution in [2.45, 2.75) is 60.0 Å². The van der Waals surface area contributed by atoms with Crippen molar-refractivity contribution in [3.63, 3.8) is 0 Å². The minimum atomic E-state index is 0. The second kappa shape index (κ2) is 8.40. The topological polar surface area (TPSA) is 21.3 Å². The van der Waals surface area contributed by atoms with Crippen LogP contribution in [0.15, 0.2) is 22.7 Å². The van der Waals surface area contributed by atoms with Crippen molar-refractivity contribution in [3.8, 4) is 5.75 Å². The van der Waals surface area contributed by atoms with Gasteiger partial charge in [-0.15, -0.1) is 12.4 Å². The van der Waals surface area contributed by atoms with Gasteiger partial charge in [0.25, 0.3) is 0 Å². The quantitative estimate of drug-likeness (QED) is 0.698. The first-order valence-corrected chi connectivity index (χ1v) is 8.08. The summed E-state index contributed by atoms with van der Waals surface area (Å²) in [5.41, 5.74) is 1.72. The summed E-state index contributed by atoms with van der Waals surface area (Å²) in [6.07, 6.45) is 1.14. The fraction of sp³-hybridized carbons (Fsp3) is 0.647. The Morgan fingerprint density at radius 2 is 1.76 bits per heavy atom. The van der Waals surface area contributed by atoms with Crippen LogP contribution in [-0.4, -0.2) is 12.1 Å². The first-order chi connectivity index (χ1) is 9.13. The highest BCUT2D eigenvalue weighted by molar-refractivity contribution is 9.10. The van der Waals surface area contributed by atoms with E-state index in [2.05, 4.69) is 68.0 Å². The van der Waals surface area contributed by atoms with Crippen LogP contribution in [0.4, 0.5) is 0 Å². The Balaban J connectivity index is 0.00000400. The van der Waals surface area contributed by atoms with Gasteiger partial charge in [-0.25, -0.2) is 0 Å². The molecular formula is C17H29BrClNO. The van der Waals surface area contributed by atoms with Crippen LogP contribution < -0.4 is 10.1 Å². The molecular weight excluding hydrogens is 350 g/mol. The number of halogens is 2. The van der Waals surface area contributed by atoms with E-state index in [0.717, 1.165) is 23.2 Å². The van der Waals surface area contributed by atoms with E-state index in [1.807, 2.05) is 13.0 Å². The maximum atomic E-state index is 5.54. The Kier molecular flexibility index (Phi) is 8.30. The van der Waals surface area contributed by atoms with Crippen LogP contribution in [0, 0.1) is 5.41 Å². The third-order valence-corrected chi connectivity index (χ3v) is 3.66. The lowest BCUT2D eigenvalue weighted by Gasteiger charge is -2.33. The summed E-state index contributed by atoms with van der Waals surface area (Å²) >= 11 is 3.56. The molecule has 0 aliphatic rings. The molecule has 4 heteroatoms. The van der Waals surface area contributed by atoms with Crippen molar-refractivity contribution in [1.82, 2.24) is 5.32 Å². The van der Waals surface area contributed by atoms with Gasteiger partial charge in [-0.05, 0) is 66.2 Å². The lowest BCUT2D eigenvalue weighted by atomic mass is 9.82. The van der Waals surface area contributed by atoms with Gasteiger partial charge >= 0.3 is 0 Å². The molecule has 0 saturated carbocycles. The minimum absolute atomic E-state index is 0. The highest BCUT2D eigenvalue weighted by atomic mass is 79.9. The van der Waals surface area contributed by atoms with Gasteiger partial charge in [0.2, 0.25) is 0 Å². The molecule has 0 bridgehead atoms. The molecule has 1 N–H and O–H groups in total. The maximum Gasteiger partial charge on any atom is 0.133 e. The minimum Gasteiger partial charge on any atom is -0.493 e. The fourth-order valence-electron chi connectivity index (χ4n) is 2.66. The van der Waals surface area contributed by atoms with Crippen LogP contribution in [-0.2, 0) is 6.54 Å². The van der Waals surface area contributed by atoms with Gasteiger partial charge in [-0.3, -0.25) is 0 Å². The van der Waals surface area contributed by atoms with Crippen molar-refractivity contribution < 1.29 is 4.74 Å². The van der Waals surface area contributed by atoms with Gasteiger partial charge in [-0.2, -0.15) is 0 Å². The first-order valence-electron chi connectivity index (χ1n) is 7.29. The largest absolute Gasteiger partial charge is 0.493 e. The SMILES string of the molecule is CCOc1ccc(CNC(C)(C)CC(C)(C)C)cc1Br.Cl. The van der Waals surface area contributed by atoms with Crippen molar-refractivity contribution in [2.75, 3.05) is 6.61 Å². The predicted molar refractivity (Wildman–Crippen MR) is 97.5 cm³/mol. The second-order valence-corrected chi connectivity index (χ2v) is 8.03. The molecule has 0 saturated heterocycles. The number of ether oxygens (including phenoxy) is 1. The Bertz CT molecular complexity index is 441. The molecule has 122 valence electrons. The molecule has 0 aliphatic heterocycles. The van der Waals surface area contributed by atoms with Crippen LogP contribution in [0.25, 0.3) is 0 Å². The molecule has 0 radical (unpaired) electrons. The number of hydrogen-bond donors (Lipinski definition) is 1. The summed E-state index contributed by atoms with van der Waals surface area (Å²) in [5.74, 6) is 0.908. The zero-order chi connectivity index (χ0) is 15.4. The normalized spacial score (nSPS) is 12.0. The van der Waals surface area contributed by atoms with Crippen molar-refractivity contribution >= 4 is 28.3 Å². The average Bonchev–Trinajstić information content (AvgIpc) is 2.27. The standard InChI is InChI=1S/C17H28BrNO.ClH/c1-7-20-15-9-8-13(10-14(15)18)11-19-17(5,6)12-16(2,3)4;/h8-10,19H,7,11-12H2,1-6H3;1H. The maximum absolute atomic E-state index is 5.54. The molecule has 21 heavy (non-hydrogen) atoms. The highest BCUT2D eigenvalue weighted by Gasteiger charge is 2.24. The summed E-state index contributed by atoms with van der Waals surface area (Å²) in [5, 5.41) is 3.65. The van der Waals surface area contributed by atoms with E-state index in [0.29, 0.717) is 12.0 Å². The van der Waals surface area contributed by atoms with Crippen LogP contribution in [0.3, 0.4) is 0 Å². The molecule has 0 aromatic heterocycles. The zero-order valence-corrected chi connectivity index (χ0v) is 16.5. The molecule has 0 unspecified atom stereocenters. The molecule has 2 nitrogen and oxygen atoms in total. The lowest BCUT2D eigenvalue weighted by molar-refractivity contribution is 0.240. The zero-order valence-electron chi connectivity index (χ0n) is 14.0. The van der Waals surface area contributed by atoms with E-state index in [1.165, 1.54) is 5.56 Å². The summed E-state index contributed by atoms with van der Waals surface area (Å²) in [4.78, 5) is 0. The van der Waals surface area contributed by atoms with E-state index in [9.17, 15) is 0 Å². The van der Waals surface area contributed by atoms with E-state index >= 15 is 0 Å². The lowest BCUT2D eigenvalue weighted by Crippen LogP contribution is -2.41. The monoisotopic (exact) mass is 377 g/mol. The highest BCUT2D eigenvalue weighted by Crippen LogP contribution is 2.28. The van der Waals surface area contributed by atoms with Crippen LogP contribution in [0.2, 0.25) is 0 Å². The molecule has 0 aliphatic carbocycles. The van der Waals surface area contributed by atoms with Crippen LogP contribution in [0.5, 0.6) is 5.75 Å². The molecule has 1 aromatic carbocycles. The predicted octanol–water partition coefficient (Wildman–Crippen LogP) is 5.57. The van der Waals surface area contributed by atoms with Crippen LogP contribution in [0.1, 0.15) is 53.5 Å². The Labute approximate surface area is 144 Å². The van der Waals surface area contributed by atoms with Gasteiger partial charge < -0.3 is 10.1 Å². The Morgan fingerprint density at radius 3 is 2.24 bits per heavy atom. The third-order valence-electron chi connectivity index (χ3n) is 3.04. The van der Waals surface area contributed by atoms with Gasteiger partial charge in [0, 0.05) is 12.1 Å². The van der Waals surface area contributed by atoms with Gasteiger partial charge in [0.15, 0.2) is 0 Å². The Hall–Kier alpha value is -0.250. The smallest absolute Gasteiger partial charge is 0.133 e. The van der Waals surface area contributed by atoms with E-state index in [1.54, 1.807) is 0 Å². The van der Waals surface area contributed by atoms with Crippen LogP contribution >= 0.6 is 28.3 Å². The van der Waals surface area contributed by atoms with Crippen molar-refractivity contribution in [1.29, 1.82) is 0 Å². The molecule has 0 spiro atoms. The molecule has 0 fully saturated rings. The summed E-state index contributed by atoms with van der Waals surface area (Å²) in [7, 11) is 0. The second-order valence-electron chi connectivity index (χ2n) is 7.17. The summed E-state index contributed by atoms with van der Waals surface area (Å²) in [6, 6.07) is 6.28. The summed E-state index contributed by atoms with van der Waals surface area (Å²) in [6.45, 7) is 14.9. The first kappa shape index (κ1) is 20.8. The van der Waals surface area contributed by atoms with E-state index in [4.69, 9.17) is 4.74 Å². The number of rotatable bonds is 6. The van der Waals surface area contributed by atoms with Crippen molar-refractivity contribution in [2.24, 2.45) is 5.41 Å². The van der Waals surface area contributed by atoms with Gasteiger partial charge in [0.1, 0.15) is 5.75 Å². The van der Waals surface area contributed by atoms with Gasteiger partial charge in [-0.1, -0.05) is 26.8 Å². The van der Waals surface area contributed by atoms with E-state index < -0.39 is 0 Å². The third kappa shape index (κ3) is 8.08. The molecule has 1 rings (SSSR count). The van der Waals surface area contributed by atoms with E-state index in [-0.39, 0.29) is 17.9 Å².